The van der Waals surface area contributed by atoms with Gasteiger partial charge in [0.2, 0.25) is 0 Å². The molecule has 0 radical (unpaired) electrons. The highest BCUT2D eigenvalue weighted by Crippen LogP contribution is 2.22. The molecule has 2 aromatic heterocycles. The lowest BCUT2D eigenvalue weighted by molar-refractivity contribution is 0.0932. The van der Waals surface area contributed by atoms with Gasteiger partial charge in [-0.25, -0.2) is 9.37 Å². The maximum Gasteiger partial charge on any atom is 0.270 e. The molecule has 7 heteroatoms. The number of carbonyl (C=O) groups is 1. The van der Waals surface area contributed by atoms with Crippen LogP contribution < -0.4 is 5.32 Å². The number of rotatable bonds is 4. The molecule has 146 valence electrons. The van der Waals surface area contributed by atoms with Gasteiger partial charge in [-0.05, 0) is 62.2 Å². The highest BCUT2D eigenvalue weighted by atomic mass is 19.1. The summed E-state index contributed by atoms with van der Waals surface area (Å²) in [5, 5.41) is 7.15. The van der Waals surface area contributed by atoms with E-state index in [1.807, 2.05) is 32.9 Å². The van der Waals surface area contributed by atoms with E-state index >= 15 is 0 Å². The van der Waals surface area contributed by atoms with E-state index in [0.29, 0.717) is 22.7 Å². The highest BCUT2D eigenvalue weighted by molar-refractivity contribution is 5.94. The second-order valence-corrected chi connectivity index (χ2v) is 7.06. The van der Waals surface area contributed by atoms with Crippen LogP contribution in [0.4, 0.5) is 4.39 Å². The van der Waals surface area contributed by atoms with E-state index in [9.17, 15) is 9.18 Å². The van der Waals surface area contributed by atoms with Gasteiger partial charge in [-0.1, -0.05) is 23.8 Å². The van der Waals surface area contributed by atoms with E-state index < -0.39 is 0 Å². The number of aryl methyl sites for hydroxylation is 2. The van der Waals surface area contributed by atoms with E-state index in [0.717, 1.165) is 11.1 Å². The number of carbonyl (C=O) groups excluding carboxylic acids is 1. The van der Waals surface area contributed by atoms with Crippen molar-refractivity contribution in [2.24, 2.45) is 0 Å². The van der Waals surface area contributed by atoms with E-state index in [4.69, 9.17) is 0 Å². The molecule has 0 bridgehead atoms. The summed E-state index contributed by atoms with van der Waals surface area (Å²) in [6, 6.07) is 13.5. The van der Waals surface area contributed by atoms with Crippen molar-refractivity contribution in [2.45, 2.75) is 26.8 Å². The van der Waals surface area contributed by atoms with Crippen molar-refractivity contribution in [3.8, 4) is 11.3 Å². The maximum atomic E-state index is 13.3. The van der Waals surface area contributed by atoms with Gasteiger partial charge in [-0.3, -0.25) is 4.79 Å². The zero-order valence-corrected chi connectivity index (χ0v) is 16.3. The minimum absolute atomic E-state index is 0.191. The molecule has 0 aliphatic carbocycles. The first kappa shape index (κ1) is 18.7. The van der Waals surface area contributed by atoms with Crippen LogP contribution in [0.25, 0.3) is 17.0 Å². The molecule has 2 heterocycles. The van der Waals surface area contributed by atoms with Gasteiger partial charge in [0.25, 0.3) is 11.7 Å². The average Bonchev–Trinajstić information content (AvgIpc) is 3.16. The van der Waals surface area contributed by atoms with Crippen LogP contribution >= 0.6 is 0 Å². The van der Waals surface area contributed by atoms with Crippen molar-refractivity contribution in [1.29, 1.82) is 0 Å². The Bertz CT molecular complexity index is 1200. The fourth-order valence-electron chi connectivity index (χ4n) is 3.40. The van der Waals surface area contributed by atoms with Crippen LogP contribution in [0.1, 0.15) is 40.1 Å². The smallest absolute Gasteiger partial charge is 0.270 e. The quantitative estimate of drug-likeness (QED) is 0.572. The van der Waals surface area contributed by atoms with Crippen molar-refractivity contribution in [1.82, 2.24) is 24.9 Å². The van der Waals surface area contributed by atoms with Crippen LogP contribution in [-0.4, -0.2) is 25.5 Å². The zero-order chi connectivity index (χ0) is 20.5. The first-order valence-electron chi connectivity index (χ1n) is 9.27. The summed E-state index contributed by atoms with van der Waals surface area (Å²) in [6.45, 7) is 6.01. The normalized spacial score (nSPS) is 12.1. The largest absolute Gasteiger partial charge is 0.344 e. The third kappa shape index (κ3) is 3.71. The summed E-state index contributed by atoms with van der Waals surface area (Å²) in [7, 11) is 0. The van der Waals surface area contributed by atoms with Gasteiger partial charge in [-0.2, -0.15) is 14.6 Å². The molecule has 0 fully saturated rings. The van der Waals surface area contributed by atoms with Crippen molar-refractivity contribution < 1.29 is 9.18 Å². The minimum Gasteiger partial charge on any atom is -0.344 e. The topological polar surface area (TPSA) is 72.2 Å². The molecule has 29 heavy (non-hydrogen) atoms. The summed E-state index contributed by atoms with van der Waals surface area (Å²) in [5.41, 5.74) is 4.86. The Hall–Kier alpha value is -3.61. The second kappa shape index (κ2) is 7.43. The standard InChI is InChI=1S/C22H20FN5O/c1-13-4-9-18(14(2)10-13)15(3)26-21(29)20-11-19(16-5-7-17(23)8-6-16)27-22-24-12-25-28(20)22/h4-12,15H,1-3H3,(H,26,29)/t15-/m0/s1. The number of amides is 1. The number of hydrogen-bond donors (Lipinski definition) is 1. The maximum absolute atomic E-state index is 13.3. The van der Waals surface area contributed by atoms with Crippen molar-refractivity contribution in [2.75, 3.05) is 0 Å². The Balaban J connectivity index is 1.69. The van der Waals surface area contributed by atoms with Crippen LogP contribution in [0.3, 0.4) is 0 Å². The Morgan fingerprint density at radius 2 is 1.86 bits per heavy atom. The monoisotopic (exact) mass is 389 g/mol. The Morgan fingerprint density at radius 1 is 1.10 bits per heavy atom. The molecule has 0 spiro atoms. The first-order valence-corrected chi connectivity index (χ1v) is 9.27. The van der Waals surface area contributed by atoms with Crippen molar-refractivity contribution in [3.63, 3.8) is 0 Å². The van der Waals surface area contributed by atoms with Crippen LogP contribution in [0.15, 0.2) is 54.9 Å². The predicted molar refractivity (Wildman–Crippen MR) is 108 cm³/mol. The summed E-state index contributed by atoms with van der Waals surface area (Å²) >= 11 is 0. The second-order valence-electron chi connectivity index (χ2n) is 7.06. The molecule has 4 rings (SSSR count). The molecule has 0 unspecified atom stereocenters. The molecule has 0 saturated heterocycles. The number of hydrogen-bond acceptors (Lipinski definition) is 4. The van der Waals surface area contributed by atoms with Crippen molar-refractivity contribution >= 4 is 11.7 Å². The van der Waals surface area contributed by atoms with Crippen LogP contribution in [0, 0.1) is 19.7 Å². The number of benzene rings is 2. The van der Waals surface area contributed by atoms with Crippen LogP contribution in [0.2, 0.25) is 0 Å². The first-order chi connectivity index (χ1) is 13.9. The lowest BCUT2D eigenvalue weighted by Gasteiger charge is -2.17. The van der Waals surface area contributed by atoms with Crippen LogP contribution in [0.5, 0.6) is 0 Å². The lowest BCUT2D eigenvalue weighted by Crippen LogP contribution is -2.29. The Kier molecular flexibility index (Phi) is 4.80. The highest BCUT2D eigenvalue weighted by Gasteiger charge is 2.19. The van der Waals surface area contributed by atoms with Crippen molar-refractivity contribution in [3.05, 3.63) is 83.1 Å². The number of fused-ring (bicyclic) bond motifs is 1. The van der Waals surface area contributed by atoms with E-state index in [2.05, 4.69) is 26.4 Å². The summed E-state index contributed by atoms with van der Waals surface area (Å²) < 4.78 is 14.7. The average molecular weight is 389 g/mol. The molecule has 0 saturated carbocycles. The summed E-state index contributed by atoms with van der Waals surface area (Å²) in [5.74, 6) is -0.326. The molecule has 0 aliphatic heterocycles. The predicted octanol–water partition coefficient (Wildman–Crippen LogP) is 4.04. The summed E-state index contributed by atoms with van der Waals surface area (Å²) in [4.78, 5) is 21.6. The Labute approximate surface area is 167 Å². The molecule has 0 aliphatic rings. The summed E-state index contributed by atoms with van der Waals surface area (Å²) in [6.07, 6.45) is 1.35. The molecular formula is C22H20FN5O. The number of aromatic nitrogens is 4. The Morgan fingerprint density at radius 3 is 2.59 bits per heavy atom. The molecule has 1 N–H and O–H groups in total. The van der Waals surface area contributed by atoms with Gasteiger partial charge in [0.1, 0.15) is 17.8 Å². The van der Waals surface area contributed by atoms with E-state index in [1.165, 1.54) is 28.5 Å². The van der Waals surface area contributed by atoms with E-state index in [1.54, 1.807) is 18.2 Å². The van der Waals surface area contributed by atoms with Gasteiger partial charge < -0.3 is 5.32 Å². The molecule has 2 aromatic carbocycles. The van der Waals surface area contributed by atoms with Gasteiger partial charge in [0.15, 0.2) is 0 Å². The minimum atomic E-state index is -0.336. The SMILES string of the molecule is Cc1ccc([C@H](C)NC(=O)c2cc(-c3ccc(F)cc3)nc3ncnn23)c(C)c1. The van der Waals surface area contributed by atoms with Gasteiger partial charge in [0, 0.05) is 5.56 Å². The lowest BCUT2D eigenvalue weighted by atomic mass is 10.00. The van der Waals surface area contributed by atoms with Crippen LogP contribution in [-0.2, 0) is 0 Å². The van der Waals surface area contributed by atoms with Gasteiger partial charge in [0.05, 0.1) is 11.7 Å². The molecule has 6 nitrogen and oxygen atoms in total. The molecule has 4 aromatic rings. The fraction of sp³-hybridized carbons (Fsp3) is 0.182. The van der Waals surface area contributed by atoms with E-state index in [-0.39, 0.29) is 17.8 Å². The molecular weight excluding hydrogens is 369 g/mol. The number of halogens is 1. The fourth-order valence-corrected chi connectivity index (χ4v) is 3.40. The zero-order valence-electron chi connectivity index (χ0n) is 16.3. The number of nitrogens with zero attached hydrogens (tertiary/aromatic N) is 4. The number of nitrogens with one attached hydrogen (secondary N) is 1. The third-order valence-corrected chi connectivity index (χ3v) is 4.86. The van der Waals surface area contributed by atoms with Gasteiger partial charge in [-0.15, -0.1) is 0 Å². The third-order valence-electron chi connectivity index (χ3n) is 4.86. The molecule has 1 amide bonds. The van der Waals surface area contributed by atoms with Gasteiger partial charge >= 0.3 is 0 Å². The molecule has 1 atom stereocenters.